The van der Waals surface area contributed by atoms with Crippen molar-refractivity contribution in [1.29, 1.82) is 0 Å². The zero-order valence-electron chi connectivity index (χ0n) is 9.25. The van der Waals surface area contributed by atoms with Crippen LogP contribution in [0.25, 0.3) is 0 Å². The lowest BCUT2D eigenvalue weighted by atomic mass is 10.1. The first-order chi connectivity index (χ1) is 7.38. The minimum atomic E-state index is -4.57. The molecule has 1 aromatic rings. The molecule has 92 valence electrons. The summed E-state index contributed by atoms with van der Waals surface area (Å²) in [6, 6.07) is 1.61. The second-order valence-electron chi connectivity index (χ2n) is 3.56. The molecule has 0 radical (unpaired) electrons. The first-order valence-electron chi connectivity index (χ1n) is 5.18. The molecule has 0 aliphatic carbocycles. The van der Waals surface area contributed by atoms with Gasteiger partial charge in [-0.15, -0.1) is 0 Å². The third-order valence-corrected chi connectivity index (χ3v) is 2.36. The number of hydrogen-bond donors (Lipinski definition) is 1. The fourth-order valence-electron chi connectivity index (χ4n) is 1.44. The van der Waals surface area contributed by atoms with Gasteiger partial charge in [0, 0.05) is 18.7 Å². The van der Waals surface area contributed by atoms with Crippen LogP contribution >= 0.6 is 0 Å². The van der Waals surface area contributed by atoms with Crippen molar-refractivity contribution >= 4 is 0 Å². The maximum Gasteiger partial charge on any atom is 0.414 e. The summed E-state index contributed by atoms with van der Waals surface area (Å²) >= 11 is 0. The Bertz CT molecular complexity index is 346. The predicted molar refractivity (Wildman–Crippen MR) is 53.0 cm³/mol. The van der Waals surface area contributed by atoms with Crippen molar-refractivity contribution < 1.29 is 18.3 Å². The molecule has 0 bridgehead atoms. The van der Waals surface area contributed by atoms with Crippen LogP contribution in [0.4, 0.5) is 13.2 Å². The second-order valence-corrected chi connectivity index (χ2v) is 3.56. The van der Waals surface area contributed by atoms with Crippen LogP contribution in [0, 0.1) is 0 Å². The third-order valence-electron chi connectivity index (χ3n) is 2.36. The zero-order chi connectivity index (χ0) is 12.3. The van der Waals surface area contributed by atoms with E-state index < -0.39 is 18.7 Å². The monoisotopic (exact) mass is 236 g/mol. The molecule has 3 nitrogen and oxygen atoms in total. The van der Waals surface area contributed by atoms with Crippen LogP contribution < -0.4 is 0 Å². The van der Waals surface area contributed by atoms with E-state index in [1.807, 2.05) is 6.92 Å². The maximum absolute atomic E-state index is 12.2. The lowest BCUT2D eigenvalue weighted by Crippen LogP contribution is -2.31. The van der Waals surface area contributed by atoms with Crippen molar-refractivity contribution in [2.24, 2.45) is 0 Å². The number of hydrogen-bond acceptors (Lipinski definition) is 2. The molecule has 0 spiro atoms. The van der Waals surface area contributed by atoms with E-state index in [0.717, 1.165) is 5.69 Å². The summed E-state index contributed by atoms with van der Waals surface area (Å²) in [6.45, 7) is 4.18. The number of alkyl halides is 3. The normalized spacial score (nSPS) is 14.1. The average molecular weight is 236 g/mol. The summed E-state index contributed by atoms with van der Waals surface area (Å²) in [6.07, 6.45) is -6.67. The molecule has 0 aliphatic rings. The van der Waals surface area contributed by atoms with Crippen molar-refractivity contribution in [3.8, 4) is 0 Å². The van der Waals surface area contributed by atoms with Crippen LogP contribution in [-0.2, 0) is 19.4 Å². The first-order valence-corrected chi connectivity index (χ1v) is 5.18. The van der Waals surface area contributed by atoms with Gasteiger partial charge in [0.05, 0.1) is 5.69 Å². The van der Waals surface area contributed by atoms with E-state index in [1.54, 1.807) is 13.0 Å². The molecule has 0 aliphatic heterocycles. The Morgan fingerprint density at radius 3 is 2.50 bits per heavy atom. The van der Waals surface area contributed by atoms with Crippen LogP contribution in [0.15, 0.2) is 6.07 Å². The van der Waals surface area contributed by atoms with Gasteiger partial charge in [0.1, 0.15) is 0 Å². The van der Waals surface area contributed by atoms with Crippen molar-refractivity contribution in [2.45, 2.75) is 45.5 Å². The molecule has 0 saturated carbocycles. The maximum atomic E-state index is 12.2. The van der Waals surface area contributed by atoms with Gasteiger partial charge >= 0.3 is 6.18 Å². The van der Waals surface area contributed by atoms with Crippen LogP contribution in [-0.4, -0.2) is 27.2 Å². The fourth-order valence-corrected chi connectivity index (χ4v) is 1.44. The molecule has 1 aromatic heterocycles. The van der Waals surface area contributed by atoms with Crippen LogP contribution in [0.3, 0.4) is 0 Å². The third kappa shape index (κ3) is 2.98. The molecular weight excluding hydrogens is 221 g/mol. The molecule has 6 heteroatoms. The summed E-state index contributed by atoms with van der Waals surface area (Å²) in [4.78, 5) is 0. The van der Waals surface area contributed by atoms with Gasteiger partial charge in [-0.3, -0.25) is 4.68 Å². The summed E-state index contributed by atoms with van der Waals surface area (Å²) in [7, 11) is 0. The molecule has 16 heavy (non-hydrogen) atoms. The molecule has 0 fully saturated rings. The van der Waals surface area contributed by atoms with Crippen molar-refractivity contribution in [3.63, 3.8) is 0 Å². The molecular formula is C10H15F3N2O. The lowest BCUT2D eigenvalue weighted by Gasteiger charge is -2.14. The lowest BCUT2D eigenvalue weighted by molar-refractivity contribution is -0.203. The number of aliphatic hydroxyl groups excluding tert-OH is 1. The molecule has 1 N–H and O–H groups in total. The molecule has 0 saturated heterocycles. The van der Waals surface area contributed by atoms with E-state index in [9.17, 15) is 13.2 Å². The first kappa shape index (κ1) is 13.0. The molecule has 0 unspecified atom stereocenters. The van der Waals surface area contributed by atoms with Gasteiger partial charge in [-0.1, -0.05) is 6.92 Å². The Labute approximate surface area is 91.9 Å². The Hall–Kier alpha value is -1.04. The summed E-state index contributed by atoms with van der Waals surface area (Å²) < 4.78 is 38.0. The van der Waals surface area contributed by atoms with Gasteiger partial charge in [-0.05, 0) is 19.4 Å². The Kier molecular flexibility index (Phi) is 3.96. The molecule has 1 heterocycles. The van der Waals surface area contributed by atoms with E-state index in [0.29, 0.717) is 18.7 Å². The quantitative estimate of drug-likeness (QED) is 0.867. The summed E-state index contributed by atoms with van der Waals surface area (Å²) in [5, 5.41) is 13.1. The van der Waals surface area contributed by atoms with Gasteiger partial charge in [0.15, 0.2) is 6.10 Å². The van der Waals surface area contributed by atoms with Crippen molar-refractivity contribution in [1.82, 2.24) is 9.78 Å². The minimum Gasteiger partial charge on any atom is -0.383 e. The highest BCUT2D eigenvalue weighted by molar-refractivity contribution is 5.11. The number of nitrogens with zero attached hydrogens (tertiary/aromatic N) is 2. The Balaban J connectivity index is 2.83. The number of aromatic nitrogens is 2. The van der Waals surface area contributed by atoms with Gasteiger partial charge < -0.3 is 5.11 Å². The highest BCUT2D eigenvalue weighted by atomic mass is 19.4. The summed E-state index contributed by atoms with van der Waals surface area (Å²) in [5.41, 5.74) is 1.16. The average Bonchev–Trinajstić information content (AvgIpc) is 2.59. The Morgan fingerprint density at radius 2 is 2.06 bits per heavy atom. The SMILES string of the molecule is CCc1cc(C[C@@H](O)C(F)(F)F)n(CC)n1. The van der Waals surface area contributed by atoms with Crippen LogP contribution in [0.1, 0.15) is 25.2 Å². The largest absolute Gasteiger partial charge is 0.414 e. The predicted octanol–water partition coefficient (Wildman–Crippen LogP) is 1.93. The van der Waals surface area contributed by atoms with Gasteiger partial charge in [0.25, 0.3) is 0 Å². The van der Waals surface area contributed by atoms with Crippen molar-refractivity contribution in [2.75, 3.05) is 0 Å². The second kappa shape index (κ2) is 4.86. The van der Waals surface area contributed by atoms with Gasteiger partial charge in [-0.2, -0.15) is 18.3 Å². The standard InChI is InChI=1S/C10H15F3N2O/c1-3-7-5-8(15(4-2)14-7)6-9(16)10(11,12)13/h5,9,16H,3-4,6H2,1-2H3/t9-/m1/s1. The number of halogens is 3. The number of aliphatic hydroxyl groups is 1. The molecule has 0 amide bonds. The van der Waals surface area contributed by atoms with Crippen LogP contribution in [0.5, 0.6) is 0 Å². The Morgan fingerprint density at radius 1 is 1.44 bits per heavy atom. The van der Waals surface area contributed by atoms with E-state index in [-0.39, 0.29) is 0 Å². The summed E-state index contributed by atoms with van der Waals surface area (Å²) in [5.74, 6) is 0. The smallest absolute Gasteiger partial charge is 0.383 e. The minimum absolute atomic E-state index is 0.421. The van der Waals surface area contributed by atoms with E-state index in [2.05, 4.69) is 5.10 Å². The molecule has 1 rings (SSSR count). The fraction of sp³-hybridized carbons (Fsp3) is 0.700. The zero-order valence-corrected chi connectivity index (χ0v) is 9.25. The van der Waals surface area contributed by atoms with Crippen LogP contribution in [0.2, 0.25) is 0 Å². The van der Waals surface area contributed by atoms with Gasteiger partial charge in [0.2, 0.25) is 0 Å². The topological polar surface area (TPSA) is 38.0 Å². The van der Waals surface area contributed by atoms with E-state index >= 15 is 0 Å². The molecule has 0 aromatic carbocycles. The van der Waals surface area contributed by atoms with Crippen molar-refractivity contribution in [3.05, 3.63) is 17.5 Å². The van der Waals surface area contributed by atoms with Gasteiger partial charge in [-0.25, -0.2) is 0 Å². The highest BCUT2D eigenvalue weighted by Gasteiger charge is 2.38. The van der Waals surface area contributed by atoms with E-state index in [4.69, 9.17) is 5.11 Å². The highest BCUT2D eigenvalue weighted by Crippen LogP contribution is 2.23. The molecule has 1 atom stereocenters. The van der Waals surface area contributed by atoms with E-state index in [1.165, 1.54) is 4.68 Å². The number of rotatable bonds is 4. The number of aryl methyl sites for hydroxylation is 2.